The van der Waals surface area contributed by atoms with Gasteiger partial charge in [-0.05, 0) is 37.8 Å². The van der Waals surface area contributed by atoms with E-state index in [1.54, 1.807) is 0 Å². The Morgan fingerprint density at radius 1 is 1.21 bits per heavy atom. The number of hydrogen-bond donors (Lipinski definition) is 2. The third kappa shape index (κ3) is 4.62. The molecular weight excluding hydrogens is 364 g/mol. The summed E-state index contributed by atoms with van der Waals surface area (Å²) in [5.41, 5.74) is 3.19. The molecule has 0 spiro atoms. The van der Waals surface area contributed by atoms with Gasteiger partial charge in [-0.3, -0.25) is 9.59 Å². The lowest BCUT2D eigenvalue weighted by atomic mass is 9.93. The van der Waals surface area contributed by atoms with Gasteiger partial charge in [-0.15, -0.1) is 0 Å². The molecule has 0 radical (unpaired) electrons. The van der Waals surface area contributed by atoms with Crippen LogP contribution in [0.2, 0.25) is 0 Å². The Kier molecular flexibility index (Phi) is 6.16. The molecule has 6 nitrogen and oxygen atoms in total. The lowest BCUT2D eigenvalue weighted by Gasteiger charge is -2.37. The van der Waals surface area contributed by atoms with Gasteiger partial charge in [-0.25, -0.2) is 4.98 Å². The summed E-state index contributed by atoms with van der Waals surface area (Å²) >= 11 is 0. The van der Waals surface area contributed by atoms with Crippen molar-refractivity contribution in [1.29, 1.82) is 0 Å². The zero-order valence-electron chi connectivity index (χ0n) is 17.4. The van der Waals surface area contributed by atoms with E-state index in [-0.39, 0.29) is 17.7 Å². The largest absolute Gasteiger partial charge is 0.355 e. The molecule has 2 fully saturated rings. The van der Waals surface area contributed by atoms with Crippen LogP contribution in [0.3, 0.4) is 0 Å². The fourth-order valence-electron chi connectivity index (χ4n) is 4.80. The van der Waals surface area contributed by atoms with Gasteiger partial charge in [0.05, 0.1) is 17.0 Å². The van der Waals surface area contributed by atoms with Crippen molar-refractivity contribution < 1.29 is 9.59 Å². The summed E-state index contributed by atoms with van der Waals surface area (Å²) < 4.78 is 0. The molecule has 1 atom stereocenters. The molecule has 2 aliphatic rings. The molecule has 2 heterocycles. The lowest BCUT2D eigenvalue weighted by Crippen LogP contribution is -2.50. The number of para-hydroxylation sites is 1. The highest BCUT2D eigenvalue weighted by Crippen LogP contribution is 2.27. The Morgan fingerprint density at radius 2 is 2.00 bits per heavy atom. The molecular formula is C23H32N4O2. The monoisotopic (exact) mass is 396 g/mol. The molecule has 2 amide bonds. The summed E-state index contributed by atoms with van der Waals surface area (Å²) in [6.45, 7) is 3.20. The van der Waals surface area contributed by atoms with Gasteiger partial charge in [0.15, 0.2) is 0 Å². The maximum absolute atomic E-state index is 12.7. The van der Waals surface area contributed by atoms with Crippen molar-refractivity contribution in [2.75, 3.05) is 13.1 Å². The number of carbonyl (C=O) groups is 2. The van der Waals surface area contributed by atoms with E-state index in [1.807, 2.05) is 17.0 Å². The summed E-state index contributed by atoms with van der Waals surface area (Å²) in [4.78, 5) is 35.2. The van der Waals surface area contributed by atoms with E-state index in [4.69, 9.17) is 0 Å². The smallest absolute Gasteiger partial charge is 0.224 e. The number of carbonyl (C=O) groups excluding carboxylic acids is 2. The highest BCUT2D eigenvalue weighted by atomic mass is 16.2. The van der Waals surface area contributed by atoms with Crippen LogP contribution in [0.1, 0.15) is 62.8 Å². The van der Waals surface area contributed by atoms with Crippen LogP contribution in [-0.2, 0) is 16.0 Å². The van der Waals surface area contributed by atoms with Gasteiger partial charge in [0.2, 0.25) is 11.8 Å². The number of fused-ring (bicyclic) bond motifs is 1. The van der Waals surface area contributed by atoms with Gasteiger partial charge in [-0.1, -0.05) is 37.8 Å². The molecule has 1 saturated heterocycles. The van der Waals surface area contributed by atoms with Crippen molar-refractivity contribution in [3.05, 3.63) is 29.6 Å². The Labute approximate surface area is 172 Å². The normalized spacial score (nSPS) is 21.3. The molecule has 1 aromatic heterocycles. The average Bonchev–Trinajstić information content (AvgIpc) is 2.95. The summed E-state index contributed by atoms with van der Waals surface area (Å²) in [6, 6.07) is 6.43. The summed E-state index contributed by atoms with van der Waals surface area (Å²) in [7, 11) is 0. The summed E-state index contributed by atoms with van der Waals surface area (Å²) in [5, 5.41) is 3.07. The average molecular weight is 397 g/mol. The van der Waals surface area contributed by atoms with E-state index in [1.165, 1.54) is 25.7 Å². The Bertz CT molecular complexity index is 867. The molecule has 6 heteroatoms. The standard InChI is InChI=1S/C23H32N4O2/c1-16-7-6-10-19-22(16)26-20(25-19)13-14-24-23(29)17-11-12-21(28)27(15-17)18-8-4-2-3-5-9-18/h6-7,10,17-18H,2-5,8-9,11-15H2,1H3,(H,24,29)(H,25,26)/t17-/m1/s1. The molecule has 1 aliphatic carbocycles. The molecule has 1 aromatic carbocycles. The zero-order chi connectivity index (χ0) is 20.2. The van der Waals surface area contributed by atoms with Crippen LogP contribution >= 0.6 is 0 Å². The van der Waals surface area contributed by atoms with Gasteiger partial charge >= 0.3 is 0 Å². The number of benzene rings is 1. The zero-order valence-corrected chi connectivity index (χ0v) is 17.4. The van der Waals surface area contributed by atoms with Gasteiger partial charge in [0.1, 0.15) is 5.82 Å². The first-order chi connectivity index (χ1) is 14.1. The second-order valence-electron chi connectivity index (χ2n) is 8.62. The Morgan fingerprint density at radius 3 is 2.76 bits per heavy atom. The minimum atomic E-state index is -0.0890. The number of hydrogen-bond acceptors (Lipinski definition) is 3. The van der Waals surface area contributed by atoms with Gasteiger partial charge < -0.3 is 15.2 Å². The Balaban J connectivity index is 1.30. The number of imidazole rings is 1. The maximum Gasteiger partial charge on any atom is 0.224 e. The second kappa shape index (κ2) is 8.97. The van der Waals surface area contributed by atoms with Crippen LogP contribution in [-0.4, -0.2) is 45.8 Å². The molecule has 2 N–H and O–H groups in total. The van der Waals surface area contributed by atoms with E-state index in [0.29, 0.717) is 38.4 Å². The molecule has 29 heavy (non-hydrogen) atoms. The van der Waals surface area contributed by atoms with Crippen molar-refractivity contribution >= 4 is 22.8 Å². The molecule has 0 unspecified atom stereocenters. The highest BCUT2D eigenvalue weighted by molar-refractivity contribution is 5.84. The second-order valence-corrected chi connectivity index (χ2v) is 8.62. The van der Waals surface area contributed by atoms with E-state index >= 15 is 0 Å². The molecule has 1 aliphatic heterocycles. The maximum atomic E-state index is 12.7. The lowest BCUT2D eigenvalue weighted by molar-refractivity contribution is -0.141. The molecule has 4 rings (SSSR count). The van der Waals surface area contributed by atoms with Gasteiger partial charge in [0, 0.05) is 32.0 Å². The van der Waals surface area contributed by atoms with Crippen molar-refractivity contribution in [2.24, 2.45) is 5.92 Å². The first kappa shape index (κ1) is 19.9. The minimum Gasteiger partial charge on any atom is -0.355 e. The minimum absolute atomic E-state index is 0.0726. The number of nitrogens with one attached hydrogen (secondary N) is 2. The van der Waals surface area contributed by atoms with E-state index < -0.39 is 0 Å². The van der Waals surface area contributed by atoms with E-state index in [9.17, 15) is 9.59 Å². The Hall–Kier alpha value is -2.37. The summed E-state index contributed by atoms with van der Waals surface area (Å²) in [6.07, 6.45) is 8.95. The number of nitrogens with zero attached hydrogens (tertiary/aromatic N) is 2. The van der Waals surface area contributed by atoms with E-state index in [2.05, 4.69) is 28.3 Å². The van der Waals surface area contributed by atoms with Crippen molar-refractivity contribution in [3.8, 4) is 0 Å². The highest BCUT2D eigenvalue weighted by Gasteiger charge is 2.34. The number of aromatic nitrogens is 2. The third-order valence-electron chi connectivity index (χ3n) is 6.50. The van der Waals surface area contributed by atoms with Crippen LogP contribution in [0.25, 0.3) is 11.0 Å². The van der Waals surface area contributed by atoms with Crippen LogP contribution in [0, 0.1) is 12.8 Å². The number of likely N-dealkylation sites (tertiary alicyclic amines) is 1. The van der Waals surface area contributed by atoms with Crippen molar-refractivity contribution in [2.45, 2.75) is 70.8 Å². The fourth-order valence-corrected chi connectivity index (χ4v) is 4.80. The first-order valence-electron chi connectivity index (χ1n) is 11.1. The van der Waals surface area contributed by atoms with Crippen LogP contribution in [0.5, 0.6) is 0 Å². The first-order valence-corrected chi connectivity index (χ1v) is 11.1. The van der Waals surface area contributed by atoms with Crippen LogP contribution in [0.15, 0.2) is 18.2 Å². The topological polar surface area (TPSA) is 78.1 Å². The van der Waals surface area contributed by atoms with Crippen molar-refractivity contribution in [3.63, 3.8) is 0 Å². The quantitative estimate of drug-likeness (QED) is 0.760. The molecule has 2 aromatic rings. The third-order valence-corrected chi connectivity index (χ3v) is 6.50. The number of piperidine rings is 1. The predicted molar refractivity (Wildman–Crippen MR) is 113 cm³/mol. The van der Waals surface area contributed by atoms with E-state index in [0.717, 1.165) is 35.3 Å². The van der Waals surface area contributed by atoms with Crippen molar-refractivity contribution in [1.82, 2.24) is 20.2 Å². The SMILES string of the molecule is Cc1cccc2[nH]c(CCNC(=O)[C@@H]3CCC(=O)N(C4CCCCCC4)C3)nc12. The number of rotatable bonds is 5. The number of amides is 2. The van der Waals surface area contributed by atoms with Gasteiger partial charge in [-0.2, -0.15) is 0 Å². The molecule has 0 bridgehead atoms. The number of aryl methyl sites for hydroxylation is 1. The molecule has 156 valence electrons. The predicted octanol–water partition coefficient (Wildman–Crippen LogP) is 3.49. The fraction of sp³-hybridized carbons (Fsp3) is 0.609. The summed E-state index contributed by atoms with van der Waals surface area (Å²) in [5.74, 6) is 1.12. The van der Waals surface area contributed by atoms with Gasteiger partial charge in [0.25, 0.3) is 0 Å². The molecule has 1 saturated carbocycles. The number of aromatic amines is 1. The number of H-pyrrole nitrogens is 1. The van der Waals surface area contributed by atoms with Crippen LogP contribution < -0.4 is 5.32 Å². The van der Waals surface area contributed by atoms with Crippen LogP contribution in [0.4, 0.5) is 0 Å².